The van der Waals surface area contributed by atoms with Gasteiger partial charge in [0.05, 0.1) is 18.5 Å². The summed E-state index contributed by atoms with van der Waals surface area (Å²) in [6.07, 6.45) is -0.477. The molecule has 0 atom stereocenters. The van der Waals surface area contributed by atoms with Crippen LogP contribution in [0.15, 0.2) is 29.1 Å². The molecule has 0 saturated heterocycles. The molecule has 156 valence electrons. The fourth-order valence-corrected chi connectivity index (χ4v) is 4.50. The Labute approximate surface area is 175 Å². The lowest BCUT2D eigenvalue weighted by Crippen LogP contribution is -2.32. The molecule has 2 heterocycles. The summed E-state index contributed by atoms with van der Waals surface area (Å²) in [5, 5.41) is 0.647. The summed E-state index contributed by atoms with van der Waals surface area (Å²) >= 11 is 1.55. The zero-order valence-corrected chi connectivity index (χ0v) is 18.5. The van der Waals surface area contributed by atoms with Gasteiger partial charge in [0.2, 0.25) is 0 Å². The van der Waals surface area contributed by atoms with E-state index >= 15 is 0 Å². The molecule has 1 aromatic carbocycles. The quantitative estimate of drug-likeness (QED) is 0.479. The Morgan fingerprint density at radius 2 is 1.69 bits per heavy atom. The molecule has 2 aromatic heterocycles. The van der Waals surface area contributed by atoms with E-state index in [4.69, 9.17) is 19.2 Å². The monoisotopic (exact) mass is 416 g/mol. The van der Waals surface area contributed by atoms with E-state index in [1.54, 1.807) is 15.9 Å². The van der Waals surface area contributed by atoms with Gasteiger partial charge in [0.25, 0.3) is 5.56 Å². The third-order valence-electron chi connectivity index (χ3n) is 4.67. The van der Waals surface area contributed by atoms with Crippen LogP contribution in [0.2, 0.25) is 0 Å². The molecular formula is C22H28N2O4S. The van der Waals surface area contributed by atoms with Crippen molar-refractivity contribution in [3.63, 3.8) is 0 Å². The lowest BCUT2D eigenvalue weighted by molar-refractivity contribution is -0.144. The summed E-state index contributed by atoms with van der Waals surface area (Å²) in [5.41, 5.74) is 1.85. The zero-order valence-electron chi connectivity index (χ0n) is 17.7. The number of hydrogen-bond donors (Lipinski definition) is 0. The minimum Gasteiger partial charge on any atom is -0.494 e. The molecule has 3 rings (SSSR count). The third kappa shape index (κ3) is 4.52. The van der Waals surface area contributed by atoms with Gasteiger partial charge in [-0.25, -0.2) is 4.98 Å². The SMILES string of the molecule is CCOc1ccc(-c2c(C)sc3nc(C)n(CC(OCC)OCC)c(=O)c23)cc1. The molecule has 0 amide bonds. The maximum Gasteiger partial charge on any atom is 0.263 e. The fraction of sp³-hybridized carbons (Fsp3) is 0.455. The molecule has 0 fully saturated rings. The molecule has 0 spiro atoms. The van der Waals surface area contributed by atoms with Crippen LogP contribution in [-0.2, 0) is 16.0 Å². The summed E-state index contributed by atoms with van der Waals surface area (Å²) in [6.45, 7) is 11.6. The van der Waals surface area contributed by atoms with Gasteiger partial charge in [-0.05, 0) is 52.3 Å². The number of nitrogens with zero attached hydrogens (tertiary/aromatic N) is 2. The molecule has 0 radical (unpaired) electrons. The van der Waals surface area contributed by atoms with Crippen LogP contribution in [0.1, 0.15) is 31.5 Å². The standard InChI is InChI=1S/C22H28N2O4S/c1-6-26-17-11-9-16(10-12-17)19-14(4)29-21-20(19)22(25)24(15(5)23-21)13-18(27-7-2)28-8-3/h9-12,18H,6-8,13H2,1-5H3. The maximum atomic E-state index is 13.5. The second-order valence-electron chi connectivity index (χ2n) is 6.59. The zero-order chi connectivity index (χ0) is 21.0. The molecule has 0 N–H and O–H groups in total. The van der Waals surface area contributed by atoms with Crippen LogP contribution in [-0.4, -0.2) is 35.7 Å². The van der Waals surface area contributed by atoms with Gasteiger partial charge in [0.15, 0.2) is 6.29 Å². The number of aromatic nitrogens is 2. The summed E-state index contributed by atoms with van der Waals surface area (Å²) in [4.78, 5) is 20.0. The third-order valence-corrected chi connectivity index (χ3v) is 5.67. The molecule has 0 aliphatic rings. The molecule has 29 heavy (non-hydrogen) atoms. The van der Waals surface area contributed by atoms with E-state index in [0.29, 0.717) is 37.6 Å². The Kier molecular flexibility index (Phi) is 7.05. The molecule has 0 aliphatic carbocycles. The van der Waals surface area contributed by atoms with Gasteiger partial charge < -0.3 is 14.2 Å². The van der Waals surface area contributed by atoms with Crippen molar-refractivity contribution < 1.29 is 14.2 Å². The predicted octanol–water partition coefficient (Wildman–Crippen LogP) is 4.54. The highest BCUT2D eigenvalue weighted by atomic mass is 32.1. The normalized spacial score (nSPS) is 11.5. The first-order chi connectivity index (χ1) is 14.0. The molecule has 0 saturated carbocycles. The van der Waals surface area contributed by atoms with Crippen LogP contribution in [0.5, 0.6) is 5.75 Å². The first-order valence-electron chi connectivity index (χ1n) is 9.97. The minimum atomic E-state index is -0.477. The molecule has 3 aromatic rings. The molecular weight excluding hydrogens is 388 g/mol. The summed E-state index contributed by atoms with van der Waals surface area (Å²) in [6, 6.07) is 7.85. The second kappa shape index (κ2) is 9.52. The number of rotatable bonds is 9. The van der Waals surface area contributed by atoms with Crippen molar-refractivity contribution in [2.24, 2.45) is 0 Å². The molecule has 0 bridgehead atoms. The lowest BCUT2D eigenvalue weighted by atomic mass is 10.0. The highest BCUT2D eigenvalue weighted by Gasteiger charge is 2.20. The fourth-order valence-electron chi connectivity index (χ4n) is 3.42. The number of aryl methyl sites for hydroxylation is 2. The van der Waals surface area contributed by atoms with Crippen molar-refractivity contribution in [3.8, 4) is 16.9 Å². The second-order valence-corrected chi connectivity index (χ2v) is 7.79. The Morgan fingerprint density at radius 1 is 1.03 bits per heavy atom. The van der Waals surface area contributed by atoms with E-state index in [9.17, 15) is 4.79 Å². The summed E-state index contributed by atoms with van der Waals surface area (Å²) in [7, 11) is 0. The molecule has 0 aliphatic heterocycles. The summed E-state index contributed by atoms with van der Waals surface area (Å²) < 4.78 is 18.5. The average Bonchev–Trinajstić information content (AvgIpc) is 3.02. The molecule has 0 unspecified atom stereocenters. The predicted molar refractivity (Wildman–Crippen MR) is 117 cm³/mol. The molecule has 6 nitrogen and oxygen atoms in total. The largest absolute Gasteiger partial charge is 0.494 e. The highest BCUT2D eigenvalue weighted by Crippen LogP contribution is 2.36. The lowest BCUT2D eigenvalue weighted by Gasteiger charge is -2.19. The van der Waals surface area contributed by atoms with Gasteiger partial charge in [0.1, 0.15) is 16.4 Å². The minimum absolute atomic E-state index is 0.0647. The van der Waals surface area contributed by atoms with E-state index in [1.807, 2.05) is 58.9 Å². The average molecular weight is 417 g/mol. The first kappa shape index (κ1) is 21.5. The van der Waals surface area contributed by atoms with E-state index in [-0.39, 0.29) is 5.56 Å². The Morgan fingerprint density at radius 3 is 2.28 bits per heavy atom. The van der Waals surface area contributed by atoms with Crippen LogP contribution in [0.4, 0.5) is 0 Å². The summed E-state index contributed by atoms with van der Waals surface area (Å²) in [5.74, 6) is 1.47. The van der Waals surface area contributed by atoms with Crippen molar-refractivity contribution in [1.82, 2.24) is 9.55 Å². The number of hydrogen-bond acceptors (Lipinski definition) is 6. The number of thiophene rings is 1. The number of fused-ring (bicyclic) bond motifs is 1. The van der Waals surface area contributed by atoms with Crippen LogP contribution in [0.3, 0.4) is 0 Å². The van der Waals surface area contributed by atoms with Gasteiger partial charge in [0, 0.05) is 23.7 Å². The topological polar surface area (TPSA) is 62.6 Å². The van der Waals surface area contributed by atoms with Crippen LogP contribution in [0.25, 0.3) is 21.3 Å². The Balaban J connectivity index is 2.10. The van der Waals surface area contributed by atoms with Crippen molar-refractivity contribution >= 4 is 21.6 Å². The Bertz CT molecular complexity index is 1020. The van der Waals surface area contributed by atoms with E-state index in [0.717, 1.165) is 26.6 Å². The highest BCUT2D eigenvalue weighted by molar-refractivity contribution is 7.19. The van der Waals surface area contributed by atoms with Gasteiger partial charge in [-0.3, -0.25) is 9.36 Å². The van der Waals surface area contributed by atoms with Crippen molar-refractivity contribution in [2.45, 2.75) is 47.5 Å². The smallest absolute Gasteiger partial charge is 0.263 e. The van der Waals surface area contributed by atoms with Gasteiger partial charge in [-0.1, -0.05) is 12.1 Å². The molecule has 7 heteroatoms. The van der Waals surface area contributed by atoms with Gasteiger partial charge >= 0.3 is 0 Å². The van der Waals surface area contributed by atoms with E-state index in [2.05, 4.69) is 0 Å². The van der Waals surface area contributed by atoms with Crippen LogP contribution < -0.4 is 10.3 Å². The number of benzene rings is 1. The van der Waals surface area contributed by atoms with Crippen molar-refractivity contribution in [3.05, 3.63) is 45.3 Å². The van der Waals surface area contributed by atoms with Gasteiger partial charge in [-0.15, -0.1) is 11.3 Å². The maximum absolute atomic E-state index is 13.5. The van der Waals surface area contributed by atoms with Crippen molar-refractivity contribution in [1.29, 1.82) is 0 Å². The van der Waals surface area contributed by atoms with Crippen molar-refractivity contribution in [2.75, 3.05) is 19.8 Å². The first-order valence-corrected chi connectivity index (χ1v) is 10.8. The Hall–Kier alpha value is -2.22. The van der Waals surface area contributed by atoms with E-state index < -0.39 is 6.29 Å². The van der Waals surface area contributed by atoms with E-state index in [1.165, 1.54) is 0 Å². The van der Waals surface area contributed by atoms with Gasteiger partial charge in [-0.2, -0.15) is 0 Å². The van der Waals surface area contributed by atoms with Crippen LogP contribution in [0, 0.1) is 13.8 Å². The number of ether oxygens (including phenoxy) is 3. The van der Waals surface area contributed by atoms with Crippen LogP contribution >= 0.6 is 11.3 Å².